The van der Waals surface area contributed by atoms with Crippen LogP contribution < -0.4 is 5.32 Å². The van der Waals surface area contributed by atoms with Crippen LogP contribution in [0.3, 0.4) is 0 Å². The molecular weight excluding hydrogens is 313 g/mol. The molecule has 0 aliphatic rings. The highest BCUT2D eigenvalue weighted by atomic mass is 19.1. The van der Waals surface area contributed by atoms with Crippen molar-refractivity contribution < 1.29 is 23.8 Å². The molecule has 134 valence electrons. The molecule has 2 unspecified atom stereocenters. The third-order valence-corrected chi connectivity index (χ3v) is 3.50. The fourth-order valence-corrected chi connectivity index (χ4v) is 2.26. The number of carbonyl (C=O) groups is 2. The first kappa shape index (κ1) is 20.1. The van der Waals surface area contributed by atoms with Crippen LogP contribution in [0.25, 0.3) is 0 Å². The Bertz CT molecular complexity index is 568. The molecule has 1 aromatic carbocycles. The third-order valence-electron chi connectivity index (χ3n) is 3.50. The van der Waals surface area contributed by atoms with Crippen molar-refractivity contribution in [1.29, 1.82) is 0 Å². The fourth-order valence-electron chi connectivity index (χ4n) is 2.26. The summed E-state index contributed by atoms with van der Waals surface area (Å²) in [6.07, 6.45) is 0.192. The molecule has 0 fully saturated rings. The number of hydrogen-bond acceptors (Lipinski definition) is 3. The van der Waals surface area contributed by atoms with Gasteiger partial charge in [0.05, 0.1) is 5.60 Å². The number of carbonyl (C=O) groups excluding carboxylic acids is 1. The van der Waals surface area contributed by atoms with Gasteiger partial charge in [-0.3, -0.25) is 4.79 Å². The molecule has 2 N–H and O–H groups in total. The van der Waals surface area contributed by atoms with Gasteiger partial charge in [-0.2, -0.15) is 0 Å². The van der Waals surface area contributed by atoms with E-state index in [2.05, 4.69) is 5.32 Å². The van der Waals surface area contributed by atoms with Crippen molar-refractivity contribution in [1.82, 2.24) is 5.32 Å². The minimum atomic E-state index is -1.11. The lowest BCUT2D eigenvalue weighted by Crippen LogP contribution is -2.42. The lowest BCUT2D eigenvalue weighted by molar-refractivity contribution is -0.142. The highest BCUT2D eigenvalue weighted by Gasteiger charge is 2.23. The summed E-state index contributed by atoms with van der Waals surface area (Å²) in [6.45, 7) is 7.58. The summed E-state index contributed by atoms with van der Waals surface area (Å²) >= 11 is 0. The predicted molar refractivity (Wildman–Crippen MR) is 89.3 cm³/mol. The molecule has 0 saturated carbocycles. The molecule has 0 aliphatic heterocycles. The molecule has 0 bridgehead atoms. The van der Waals surface area contributed by atoms with Gasteiger partial charge in [0.25, 0.3) is 0 Å². The van der Waals surface area contributed by atoms with Crippen LogP contribution in [0.2, 0.25) is 0 Å². The Morgan fingerprint density at radius 3 is 2.46 bits per heavy atom. The predicted octanol–water partition coefficient (Wildman–Crippen LogP) is 3.09. The summed E-state index contributed by atoms with van der Waals surface area (Å²) in [5.74, 6) is -2.24. The van der Waals surface area contributed by atoms with Gasteiger partial charge in [-0.15, -0.1) is 0 Å². The van der Waals surface area contributed by atoms with E-state index >= 15 is 0 Å². The molecule has 1 aromatic rings. The first-order chi connectivity index (χ1) is 11.1. The van der Waals surface area contributed by atoms with Gasteiger partial charge < -0.3 is 15.2 Å². The van der Waals surface area contributed by atoms with Crippen LogP contribution >= 0.6 is 0 Å². The number of aliphatic carboxylic acids is 1. The van der Waals surface area contributed by atoms with Gasteiger partial charge in [0.2, 0.25) is 5.91 Å². The van der Waals surface area contributed by atoms with Crippen LogP contribution in [-0.2, 0) is 14.3 Å². The van der Waals surface area contributed by atoms with E-state index in [-0.39, 0.29) is 36.8 Å². The molecule has 0 aliphatic carbocycles. The van der Waals surface area contributed by atoms with Crippen molar-refractivity contribution in [3.05, 3.63) is 35.6 Å². The van der Waals surface area contributed by atoms with Gasteiger partial charge >= 0.3 is 5.97 Å². The zero-order valence-electron chi connectivity index (χ0n) is 14.6. The van der Waals surface area contributed by atoms with E-state index in [0.717, 1.165) is 0 Å². The number of rotatable bonds is 8. The topological polar surface area (TPSA) is 75.6 Å². The quantitative estimate of drug-likeness (QED) is 0.763. The molecule has 1 rings (SSSR count). The van der Waals surface area contributed by atoms with Gasteiger partial charge in [-0.1, -0.05) is 25.1 Å². The Morgan fingerprint density at radius 2 is 1.92 bits per heavy atom. The lowest BCUT2D eigenvalue weighted by atomic mass is 9.96. The highest BCUT2D eigenvalue weighted by Crippen LogP contribution is 2.21. The maximum Gasteiger partial charge on any atom is 0.326 e. The van der Waals surface area contributed by atoms with E-state index in [1.807, 2.05) is 20.8 Å². The largest absolute Gasteiger partial charge is 0.480 e. The van der Waals surface area contributed by atoms with Crippen LogP contribution in [-0.4, -0.2) is 35.2 Å². The zero-order chi connectivity index (χ0) is 18.3. The van der Waals surface area contributed by atoms with Crippen LogP contribution in [0.4, 0.5) is 4.39 Å². The number of amides is 1. The molecule has 1 amide bonds. The molecule has 24 heavy (non-hydrogen) atoms. The fraction of sp³-hybridized carbons (Fsp3) is 0.556. The van der Waals surface area contributed by atoms with Crippen molar-refractivity contribution >= 4 is 11.9 Å². The van der Waals surface area contributed by atoms with Crippen molar-refractivity contribution in [2.75, 3.05) is 6.61 Å². The molecule has 6 heteroatoms. The van der Waals surface area contributed by atoms with Gasteiger partial charge in [0, 0.05) is 19.4 Å². The van der Waals surface area contributed by atoms with Crippen LogP contribution in [0, 0.1) is 5.82 Å². The van der Waals surface area contributed by atoms with E-state index in [1.54, 1.807) is 25.1 Å². The Labute approximate surface area is 142 Å². The standard InChI is InChI=1S/C18H26FNO4/c1-12(13-7-5-6-8-14(13)19)11-16(21)20-15(17(22)23)9-10-24-18(2,3)4/h5-8,12,15H,9-11H2,1-4H3,(H,20,21)(H,22,23). The minimum Gasteiger partial charge on any atom is -0.480 e. The molecule has 0 aromatic heterocycles. The summed E-state index contributed by atoms with van der Waals surface area (Å²) in [5, 5.41) is 11.7. The zero-order valence-corrected chi connectivity index (χ0v) is 14.6. The summed E-state index contributed by atoms with van der Waals surface area (Å²) in [5.41, 5.74) is 0.0717. The Hall–Kier alpha value is -1.95. The molecule has 2 atom stereocenters. The second kappa shape index (κ2) is 8.78. The molecule has 0 heterocycles. The maximum atomic E-state index is 13.7. The molecule has 0 spiro atoms. The summed E-state index contributed by atoms with van der Waals surface area (Å²) in [6, 6.07) is 5.23. The van der Waals surface area contributed by atoms with Crippen LogP contribution in [0.15, 0.2) is 24.3 Å². The summed E-state index contributed by atoms with van der Waals surface area (Å²) in [7, 11) is 0. The van der Waals surface area contributed by atoms with E-state index in [4.69, 9.17) is 4.74 Å². The van der Waals surface area contributed by atoms with Gasteiger partial charge in [-0.05, 0) is 38.3 Å². The second-order valence-electron chi connectivity index (χ2n) is 6.83. The number of carboxylic acids is 1. The van der Waals surface area contributed by atoms with Gasteiger partial charge in [0.15, 0.2) is 0 Å². The molecular formula is C18H26FNO4. The van der Waals surface area contributed by atoms with Gasteiger partial charge in [-0.25, -0.2) is 9.18 Å². The Morgan fingerprint density at radius 1 is 1.29 bits per heavy atom. The average Bonchev–Trinajstić information content (AvgIpc) is 2.45. The summed E-state index contributed by atoms with van der Waals surface area (Å²) in [4.78, 5) is 23.3. The van der Waals surface area contributed by atoms with E-state index in [1.165, 1.54) is 6.07 Å². The highest BCUT2D eigenvalue weighted by molar-refractivity contribution is 5.83. The minimum absolute atomic E-state index is 0.0187. The number of carboxylic acid groups (broad SMARTS) is 1. The van der Waals surface area contributed by atoms with Crippen LogP contribution in [0.5, 0.6) is 0 Å². The second-order valence-corrected chi connectivity index (χ2v) is 6.83. The SMILES string of the molecule is CC(CC(=O)NC(CCOC(C)(C)C)C(=O)O)c1ccccc1F. The molecule has 5 nitrogen and oxygen atoms in total. The van der Waals surface area contributed by atoms with Crippen LogP contribution in [0.1, 0.15) is 52.0 Å². The van der Waals surface area contributed by atoms with Gasteiger partial charge in [0.1, 0.15) is 11.9 Å². The monoisotopic (exact) mass is 339 g/mol. The average molecular weight is 339 g/mol. The van der Waals surface area contributed by atoms with E-state index in [9.17, 15) is 19.1 Å². The molecule has 0 radical (unpaired) electrons. The van der Waals surface area contributed by atoms with Crippen molar-refractivity contribution in [2.24, 2.45) is 0 Å². The number of nitrogens with one attached hydrogen (secondary N) is 1. The van der Waals surface area contributed by atoms with Crippen molar-refractivity contribution in [3.63, 3.8) is 0 Å². The normalized spacial score (nSPS) is 14.0. The molecule has 0 saturated heterocycles. The van der Waals surface area contributed by atoms with E-state index in [0.29, 0.717) is 5.56 Å². The number of benzene rings is 1. The third kappa shape index (κ3) is 7.08. The smallest absolute Gasteiger partial charge is 0.326 e. The summed E-state index contributed by atoms with van der Waals surface area (Å²) < 4.78 is 19.2. The van der Waals surface area contributed by atoms with Crippen molar-refractivity contribution in [2.45, 2.75) is 58.1 Å². The van der Waals surface area contributed by atoms with E-state index < -0.39 is 17.9 Å². The lowest BCUT2D eigenvalue weighted by Gasteiger charge is -2.22. The van der Waals surface area contributed by atoms with Crippen molar-refractivity contribution in [3.8, 4) is 0 Å². The first-order valence-corrected chi connectivity index (χ1v) is 8.00. The number of halogens is 1. The number of ether oxygens (including phenoxy) is 1. The Kier molecular flexibility index (Phi) is 7.35. The maximum absolute atomic E-state index is 13.7. The Balaban J connectivity index is 2.56. The number of hydrogen-bond donors (Lipinski definition) is 2. The first-order valence-electron chi connectivity index (χ1n) is 8.00.